The maximum Gasteiger partial charge on any atom is 0.416 e. The number of nitrogens with one attached hydrogen (secondary N) is 1. The van der Waals surface area contributed by atoms with Gasteiger partial charge in [-0.05, 0) is 61.4 Å². The quantitative estimate of drug-likeness (QED) is 0.474. The van der Waals surface area contributed by atoms with Gasteiger partial charge in [0.05, 0.1) is 18.8 Å². The SMILES string of the molecule is Cc1ccc(NC(=O)c2cccc(C(F)(F)F)c2)cc1-c1cnc(O[C@H](C)C#N)c(N2CCOCC2)c1. The molecule has 1 N–H and O–H groups in total. The Balaban J connectivity index is 1.64. The Kier molecular flexibility index (Phi) is 7.64. The number of anilines is 2. The van der Waals surface area contributed by atoms with Crippen molar-refractivity contribution >= 4 is 17.3 Å². The molecule has 1 aliphatic heterocycles. The first-order valence-corrected chi connectivity index (χ1v) is 11.6. The van der Waals surface area contributed by atoms with Gasteiger partial charge in [0.2, 0.25) is 5.88 Å². The molecule has 1 aromatic heterocycles. The molecular formula is C27H25F3N4O3. The molecule has 4 rings (SSSR count). The predicted molar refractivity (Wildman–Crippen MR) is 133 cm³/mol. The highest BCUT2D eigenvalue weighted by Crippen LogP contribution is 2.35. The number of nitriles is 1. The Bertz CT molecular complexity index is 1330. The van der Waals surface area contributed by atoms with Crippen molar-refractivity contribution in [3.05, 3.63) is 71.4 Å². The molecule has 192 valence electrons. The molecule has 2 heterocycles. The van der Waals surface area contributed by atoms with E-state index in [-0.39, 0.29) is 5.56 Å². The van der Waals surface area contributed by atoms with E-state index in [1.54, 1.807) is 25.3 Å². The van der Waals surface area contributed by atoms with E-state index in [4.69, 9.17) is 9.47 Å². The number of hydrogen-bond acceptors (Lipinski definition) is 6. The molecule has 1 atom stereocenters. The summed E-state index contributed by atoms with van der Waals surface area (Å²) in [6, 6.07) is 13.5. The highest BCUT2D eigenvalue weighted by molar-refractivity contribution is 6.04. The van der Waals surface area contributed by atoms with E-state index in [0.29, 0.717) is 37.9 Å². The van der Waals surface area contributed by atoms with Gasteiger partial charge in [-0.2, -0.15) is 18.4 Å². The van der Waals surface area contributed by atoms with Crippen LogP contribution in [0.2, 0.25) is 0 Å². The Hall–Kier alpha value is -4.10. The normalized spacial score (nSPS) is 14.5. The molecular weight excluding hydrogens is 485 g/mol. The van der Waals surface area contributed by atoms with E-state index < -0.39 is 23.8 Å². The Morgan fingerprint density at radius 2 is 1.95 bits per heavy atom. The lowest BCUT2D eigenvalue weighted by molar-refractivity contribution is -0.137. The van der Waals surface area contributed by atoms with Crippen LogP contribution in [0.3, 0.4) is 0 Å². The number of pyridine rings is 1. The van der Waals surface area contributed by atoms with Crippen LogP contribution in [0.25, 0.3) is 11.1 Å². The molecule has 0 aliphatic carbocycles. The van der Waals surface area contributed by atoms with Gasteiger partial charge in [0.1, 0.15) is 11.8 Å². The Morgan fingerprint density at radius 1 is 1.19 bits per heavy atom. The van der Waals surface area contributed by atoms with Crippen LogP contribution in [0.4, 0.5) is 24.5 Å². The van der Waals surface area contributed by atoms with Gasteiger partial charge in [-0.25, -0.2) is 4.98 Å². The third-order valence-electron chi connectivity index (χ3n) is 5.91. The number of amides is 1. The van der Waals surface area contributed by atoms with Gasteiger partial charge >= 0.3 is 6.18 Å². The van der Waals surface area contributed by atoms with Gasteiger partial charge in [-0.15, -0.1) is 0 Å². The van der Waals surface area contributed by atoms with Crippen LogP contribution in [-0.2, 0) is 10.9 Å². The fourth-order valence-electron chi connectivity index (χ4n) is 3.95. The van der Waals surface area contributed by atoms with Crippen LogP contribution in [0.1, 0.15) is 28.4 Å². The summed E-state index contributed by atoms with van der Waals surface area (Å²) in [7, 11) is 0. The second-order valence-electron chi connectivity index (χ2n) is 8.60. The van der Waals surface area contributed by atoms with Gasteiger partial charge in [-0.1, -0.05) is 12.1 Å². The largest absolute Gasteiger partial charge is 0.458 e. The topological polar surface area (TPSA) is 87.5 Å². The number of carbonyl (C=O) groups excluding carboxylic acids is 1. The van der Waals surface area contributed by atoms with Gasteiger partial charge in [0, 0.05) is 36.1 Å². The maximum atomic E-state index is 13.1. The van der Waals surface area contributed by atoms with Crippen molar-refractivity contribution in [2.24, 2.45) is 0 Å². The third-order valence-corrected chi connectivity index (χ3v) is 5.91. The lowest BCUT2D eigenvalue weighted by atomic mass is 10.0. The van der Waals surface area contributed by atoms with Crippen LogP contribution < -0.4 is 15.0 Å². The van der Waals surface area contributed by atoms with Crippen molar-refractivity contribution in [1.29, 1.82) is 5.26 Å². The number of morpholine rings is 1. The molecule has 0 saturated carbocycles. The monoisotopic (exact) mass is 510 g/mol. The zero-order valence-corrected chi connectivity index (χ0v) is 20.3. The number of halogens is 3. The summed E-state index contributed by atoms with van der Waals surface area (Å²) in [4.78, 5) is 19.3. The predicted octanol–water partition coefficient (Wildman–Crippen LogP) is 5.46. The van der Waals surface area contributed by atoms with Crippen molar-refractivity contribution < 1.29 is 27.4 Å². The van der Waals surface area contributed by atoms with Crippen molar-refractivity contribution in [2.45, 2.75) is 26.1 Å². The number of hydrogen-bond donors (Lipinski definition) is 1. The molecule has 3 aromatic rings. The zero-order valence-electron chi connectivity index (χ0n) is 20.3. The molecule has 1 aliphatic rings. The highest BCUT2D eigenvalue weighted by atomic mass is 19.4. The minimum absolute atomic E-state index is 0.0960. The standard InChI is InChI=1S/C27H25F3N4O3/c1-17-6-7-22(33-25(35)19-4-3-5-21(12-19)27(28,29)30)14-23(17)20-13-24(34-8-10-36-11-9-34)26(32-16-20)37-18(2)15-31/h3-7,12-14,16,18H,8-11H2,1-2H3,(H,33,35)/t18-/m1/s1. The molecule has 2 aromatic carbocycles. The lowest BCUT2D eigenvalue weighted by Crippen LogP contribution is -2.36. The molecule has 1 fully saturated rings. The number of nitrogens with zero attached hydrogens (tertiary/aromatic N) is 3. The van der Waals surface area contributed by atoms with Crippen molar-refractivity contribution in [2.75, 3.05) is 36.5 Å². The first-order chi connectivity index (χ1) is 17.7. The number of alkyl halides is 3. The molecule has 7 nitrogen and oxygen atoms in total. The van der Waals surface area contributed by atoms with Crippen LogP contribution in [-0.4, -0.2) is 43.3 Å². The summed E-state index contributed by atoms with van der Waals surface area (Å²) in [6.45, 7) is 5.91. The maximum absolute atomic E-state index is 13.1. The van der Waals surface area contributed by atoms with E-state index in [0.717, 1.165) is 34.5 Å². The average Bonchev–Trinajstić information content (AvgIpc) is 2.90. The minimum Gasteiger partial charge on any atom is -0.458 e. The van der Waals surface area contributed by atoms with Crippen LogP contribution in [0, 0.1) is 18.3 Å². The smallest absolute Gasteiger partial charge is 0.416 e. The molecule has 0 bridgehead atoms. The molecule has 0 spiro atoms. The fraction of sp³-hybridized carbons (Fsp3) is 0.296. The van der Waals surface area contributed by atoms with Crippen LogP contribution in [0.5, 0.6) is 5.88 Å². The molecule has 10 heteroatoms. The number of benzene rings is 2. The van der Waals surface area contributed by atoms with E-state index in [9.17, 15) is 23.2 Å². The highest BCUT2D eigenvalue weighted by Gasteiger charge is 2.31. The van der Waals surface area contributed by atoms with E-state index in [1.165, 1.54) is 12.1 Å². The summed E-state index contributed by atoms with van der Waals surface area (Å²) in [5.41, 5.74) is 2.61. The van der Waals surface area contributed by atoms with Crippen molar-refractivity contribution in [3.63, 3.8) is 0 Å². The average molecular weight is 511 g/mol. The van der Waals surface area contributed by atoms with Crippen LogP contribution >= 0.6 is 0 Å². The number of aromatic nitrogens is 1. The van der Waals surface area contributed by atoms with Gasteiger partial charge in [0.25, 0.3) is 5.91 Å². The van der Waals surface area contributed by atoms with E-state index >= 15 is 0 Å². The second kappa shape index (κ2) is 10.9. The second-order valence-corrected chi connectivity index (χ2v) is 8.60. The number of rotatable bonds is 6. The molecule has 37 heavy (non-hydrogen) atoms. The van der Waals surface area contributed by atoms with Gasteiger partial charge in [0.15, 0.2) is 6.10 Å². The first-order valence-electron chi connectivity index (χ1n) is 11.6. The van der Waals surface area contributed by atoms with Crippen molar-refractivity contribution in [3.8, 4) is 23.1 Å². The Morgan fingerprint density at radius 3 is 2.65 bits per heavy atom. The van der Waals surface area contributed by atoms with Crippen LogP contribution in [0.15, 0.2) is 54.7 Å². The fourth-order valence-corrected chi connectivity index (χ4v) is 3.95. The summed E-state index contributed by atoms with van der Waals surface area (Å²) < 4.78 is 50.4. The molecule has 1 saturated heterocycles. The Labute approximate surface area is 212 Å². The number of aryl methyl sites for hydroxylation is 1. The minimum atomic E-state index is -4.54. The summed E-state index contributed by atoms with van der Waals surface area (Å²) in [6.07, 6.45) is -3.60. The van der Waals surface area contributed by atoms with E-state index in [1.807, 2.05) is 25.1 Å². The summed E-state index contributed by atoms with van der Waals surface area (Å²) in [5, 5.41) is 11.9. The molecule has 0 radical (unpaired) electrons. The zero-order chi connectivity index (χ0) is 26.6. The number of carbonyl (C=O) groups is 1. The van der Waals surface area contributed by atoms with E-state index in [2.05, 4.69) is 15.2 Å². The first kappa shape index (κ1) is 26.0. The van der Waals surface area contributed by atoms with Gasteiger partial charge < -0.3 is 19.7 Å². The number of ether oxygens (including phenoxy) is 2. The van der Waals surface area contributed by atoms with Gasteiger partial charge in [-0.3, -0.25) is 4.79 Å². The lowest BCUT2D eigenvalue weighted by Gasteiger charge is -2.30. The molecule has 0 unspecified atom stereocenters. The third kappa shape index (κ3) is 6.19. The molecule has 1 amide bonds. The van der Waals surface area contributed by atoms with Crippen molar-refractivity contribution in [1.82, 2.24) is 4.98 Å². The summed E-state index contributed by atoms with van der Waals surface area (Å²) >= 11 is 0. The summed E-state index contributed by atoms with van der Waals surface area (Å²) in [5.74, 6) is -0.311.